The molecule has 0 atom stereocenters. The molecule has 2 rings (SSSR count). The summed E-state index contributed by atoms with van der Waals surface area (Å²) in [6.07, 6.45) is 4.57. The number of hydrogen-bond donors (Lipinski definition) is 1. The molecule has 1 aromatic heterocycles. The molecule has 3 heteroatoms. The summed E-state index contributed by atoms with van der Waals surface area (Å²) in [6.45, 7) is 6.47. The second-order valence-corrected chi connectivity index (χ2v) is 5.43. The van der Waals surface area contributed by atoms with Gasteiger partial charge in [-0.15, -0.1) is 0 Å². The molecule has 0 saturated heterocycles. The molecule has 0 spiro atoms. The van der Waals surface area contributed by atoms with Crippen molar-refractivity contribution in [3.63, 3.8) is 0 Å². The Morgan fingerprint density at radius 3 is 2.88 bits per heavy atom. The van der Waals surface area contributed by atoms with Gasteiger partial charge in [-0.3, -0.25) is 4.98 Å². The first kappa shape index (κ1) is 12.4. The lowest BCUT2D eigenvalue weighted by atomic mass is 10.2. The highest BCUT2D eigenvalue weighted by atomic mass is 15.1. The molecule has 1 heterocycles. The molecule has 1 aromatic rings. The lowest BCUT2D eigenvalue weighted by molar-refractivity contribution is 0.636. The summed E-state index contributed by atoms with van der Waals surface area (Å²) in [5.74, 6) is 0.682. The first-order chi connectivity index (χ1) is 8.15. The van der Waals surface area contributed by atoms with E-state index in [0.29, 0.717) is 5.92 Å². The molecule has 0 radical (unpaired) electrons. The van der Waals surface area contributed by atoms with E-state index in [9.17, 15) is 0 Å². The van der Waals surface area contributed by atoms with E-state index in [4.69, 9.17) is 0 Å². The van der Waals surface area contributed by atoms with Crippen LogP contribution in [0.3, 0.4) is 0 Å². The van der Waals surface area contributed by atoms with Crippen LogP contribution < -0.4 is 10.2 Å². The third kappa shape index (κ3) is 4.00. The fourth-order valence-corrected chi connectivity index (χ4v) is 1.99. The third-order valence-corrected chi connectivity index (χ3v) is 3.03. The van der Waals surface area contributed by atoms with Crippen molar-refractivity contribution in [1.29, 1.82) is 0 Å². The summed E-state index contributed by atoms with van der Waals surface area (Å²) in [4.78, 5) is 6.71. The van der Waals surface area contributed by atoms with E-state index in [1.807, 2.05) is 6.20 Å². The Bertz CT molecular complexity index is 358. The van der Waals surface area contributed by atoms with Crippen molar-refractivity contribution in [1.82, 2.24) is 10.3 Å². The third-order valence-electron chi connectivity index (χ3n) is 3.03. The minimum atomic E-state index is 0.682. The van der Waals surface area contributed by atoms with E-state index in [0.717, 1.165) is 24.8 Å². The Morgan fingerprint density at radius 1 is 1.47 bits per heavy atom. The van der Waals surface area contributed by atoms with Crippen molar-refractivity contribution in [2.75, 3.05) is 18.5 Å². The maximum Gasteiger partial charge on any atom is 0.0562 e. The molecule has 0 amide bonds. The quantitative estimate of drug-likeness (QED) is 0.818. The standard InChI is InChI=1S/C14H23N3/c1-11(2)10-17(3)14-6-7-15-13(8-14)9-16-12-4-5-12/h6-8,11-12,16H,4-5,9-10H2,1-3H3. The summed E-state index contributed by atoms with van der Waals surface area (Å²) in [5, 5.41) is 3.50. The predicted octanol–water partition coefficient (Wildman–Crippen LogP) is 2.43. The summed E-state index contributed by atoms with van der Waals surface area (Å²) >= 11 is 0. The average molecular weight is 233 g/mol. The van der Waals surface area contributed by atoms with Gasteiger partial charge in [0.2, 0.25) is 0 Å². The van der Waals surface area contributed by atoms with E-state index in [2.05, 4.69) is 48.2 Å². The van der Waals surface area contributed by atoms with Gasteiger partial charge >= 0.3 is 0 Å². The van der Waals surface area contributed by atoms with Crippen molar-refractivity contribution < 1.29 is 0 Å². The number of aromatic nitrogens is 1. The van der Waals surface area contributed by atoms with Crippen LogP contribution in [0.2, 0.25) is 0 Å². The molecule has 1 N–H and O–H groups in total. The molecule has 1 fully saturated rings. The summed E-state index contributed by atoms with van der Waals surface area (Å²) in [7, 11) is 2.15. The molecule has 0 aliphatic heterocycles. The van der Waals surface area contributed by atoms with Crippen molar-refractivity contribution in [3.05, 3.63) is 24.0 Å². The van der Waals surface area contributed by atoms with E-state index >= 15 is 0 Å². The smallest absolute Gasteiger partial charge is 0.0562 e. The maximum atomic E-state index is 4.41. The van der Waals surface area contributed by atoms with Gasteiger partial charge in [0.05, 0.1) is 5.69 Å². The minimum Gasteiger partial charge on any atom is -0.374 e. The van der Waals surface area contributed by atoms with Crippen molar-refractivity contribution in [2.45, 2.75) is 39.3 Å². The minimum absolute atomic E-state index is 0.682. The van der Waals surface area contributed by atoms with Crippen molar-refractivity contribution in [3.8, 4) is 0 Å². The molecule has 1 saturated carbocycles. The second kappa shape index (κ2) is 5.50. The molecule has 0 bridgehead atoms. The van der Waals surface area contributed by atoms with E-state index in [1.54, 1.807) is 0 Å². The first-order valence-corrected chi connectivity index (χ1v) is 6.54. The van der Waals surface area contributed by atoms with Gasteiger partial charge in [0.1, 0.15) is 0 Å². The van der Waals surface area contributed by atoms with Crippen molar-refractivity contribution >= 4 is 5.69 Å². The zero-order valence-corrected chi connectivity index (χ0v) is 11.1. The second-order valence-electron chi connectivity index (χ2n) is 5.43. The molecule has 0 aromatic carbocycles. The van der Waals surface area contributed by atoms with Gasteiger partial charge in [0, 0.05) is 38.1 Å². The van der Waals surface area contributed by atoms with Gasteiger partial charge in [-0.25, -0.2) is 0 Å². The largest absolute Gasteiger partial charge is 0.374 e. The highest BCUT2D eigenvalue weighted by molar-refractivity contribution is 5.45. The molecule has 17 heavy (non-hydrogen) atoms. The number of pyridine rings is 1. The molecule has 0 unspecified atom stereocenters. The predicted molar refractivity (Wildman–Crippen MR) is 72.2 cm³/mol. The highest BCUT2D eigenvalue weighted by Gasteiger charge is 2.20. The fraction of sp³-hybridized carbons (Fsp3) is 0.643. The van der Waals surface area contributed by atoms with Crippen LogP contribution in [-0.4, -0.2) is 24.6 Å². The van der Waals surface area contributed by atoms with E-state index in [-0.39, 0.29) is 0 Å². The monoisotopic (exact) mass is 233 g/mol. The van der Waals surface area contributed by atoms with Gasteiger partial charge in [0.15, 0.2) is 0 Å². The van der Waals surface area contributed by atoms with Crippen LogP contribution in [0.1, 0.15) is 32.4 Å². The van der Waals surface area contributed by atoms with Crippen LogP contribution in [-0.2, 0) is 6.54 Å². The van der Waals surface area contributed by atoms with Crippen LogP contribution >= 0.6 is 0 Å². The molecular weight excluding hydrogens is 210 g/mol. The van der Waals surface area contributed by atoms with Crippen molar-refractivity contribution in [2.24, 2.45) is 5.92 Å². The van der Waals surface area contributed by atoms with Crippen LogP contribution in [0, 0.1) is 5.92 Å². The zero-order valence-electron chi connectivity index (χ0n) is 11.1. The fourth-order valence-electron chi connectivity index (χ4n) is 1.99. The zero-order chi connectivity index (χ0) is 12.3. The Morgan fingerprint density at radius 2 is 2.24 bits per heavy atom. The van der Waals surface area contributed by atoms with Crippen LogP contribution in [0.25, 0.3) is 0 Å². The molecule has 1 aliphatic carbocycles. The number of anilines is 1. The number of hydrogen-bond acceptors (Lipinski definition) is 3. The lowest BCUT2D eigenvalue weighted by Crippen LogP contribution is -2.23. The Labute approximate surface area is 104 Å². The van der Waals surface area contributed by atoms with Gasteiger partial charge in [0.25, 0.3) is 0 Å². The topological polar surface area (TPSA) is 28.2 Å². The van der Waals surface area contributed by atoms with E-state index in [1.165, 1.54) is 18.5 Å². The Hall–Kier alpha value is -1.09. The van der Waals surface area contributed by atoms with Gasteiger partial charge < -0.3 is 10.2 Å². The maximum absolute atomic E-state index is 4.41. The summed E-state index contributed by atoms with van der Waals surface area (Å²) < 4.78 is 0. The molecular formula is C14H23N3. The number of nitrogens with one attached hydrogen (secondary N) is 1. The number of rotatable bonds is 6. The van der Waals surface area contributed by atoms with E-state index < -0.39 is 0 Å². The summed E-state index contributed by atoms with van der Waals surface area (Å²) in [6, 6.07) is 5.02. The van der Waals surface area contributed by atoms with Crippen LogP contribution in [0.15, 0.2) is 18.3 Å². The Kier molecular flexibility index (Phi) is 4.00. The van der Waals surface area contributed by atoms with Gasteiger partial charge in [-0.2, -0.15) is 0 Å². The normalized spacial score (nSPS) is 15.3. The summed E-state index contributed by atoms with van der Waals surface area (Å²) in [5.41, 5.74) is 2.41. The first-order valence-electron chi connectivity index (χ1n) is 6.54. The molecule has 1 aliphatic rings. The molecule has 3 nitrogen and oxygen atoms in total. The van der Waals surface area contributed by atoms with Gasteiger partial charge in [-0.05, 0) is 30.9 Å². The SMILES string of the molecule is CC(C)CN(C)c1ccnc(CNC2CC2)c1. The number of nitrogens with zero attached hydrogens (tertiary/aromatic N) is 2. The van der Waals surface area contributed by atoms with Crippen LogP contribution in [0.4, 0.5) is 5.69 Å². The molecule has 94 valence electrons. The average Bonchev–Trinajstić information content (AvgIpc) is 3.10. The lowest BCUT2D eigenvalue weighted by Gasteiger charge is -2.21. The Balaban J connectivity index is 1.94. The van der Waals surface area contributed by atoms with Crippen LogP contribution in [0.5, 0.6) is 0 Å². The highest BCUT2D eigenvalue weighted by Crippen LogP contribution is 2.20. The van der Waals surface area contributed by atoms with Gasteiger partial charge in [-0.1, -0.05) is 13.8 Å².